The molecule has 0 aliphatic carbocycles. The molecule has 0 aliphatic rings. The van der Waals surface area contributed by atoms with Crippen molar-refractivity contribution in [1.82, 2.24) is 0 Å². The van der Waals surface area contributed by atoms with Crippen LogP contribution in [0.25, 0.3) is 75.5 Å². The van der Waals surface area contributed by atoms with Crippen molar-refractivity contribution in [2.45, 2.75) is 0 Å². The summed E-state index contributed by atoms with van der Waals surface area (Å²) in [5.74, 6) is 0. The maximum atomic E-state index is 2.41. The Hall–Kier alpha value is -6.74. The number of benzene rings is 9. The molecule has 10 aromatic rings. The maximum absolute atomic E-state index is 2.41. The molecule has 10 rings (SSSR count). The van der Waals surface area contributed by atoms with Crippen LogP contribution in [-0.4, -0.2) is 0 Å². The molecule has 0 unspecified atom stereocenters. The van der Waals surface area contributed by atoms with Gasteiger partial charge in [0.05, 0.1) is 5.69 Å². The number of rotatable bonds is 7. The first-order chi connectivity index (χ1) is 26.8. The monoisotopic (exact) mass is 705 g/mol. The highest BCUT2D eigenvalue weighted by molar-refractivity contribution is 7.26. The minimum atomic E-state index is 1.10. The van der Waals surface area contributed by atoms with E-state index in [1.807, 2.05) is 11.3 Å². The van der Waals surface area contributed by atoms with Gasteiger partial charge in [0, 0.05) is 37.1 Å². The Kier molecular flexibility index (Phi) is 8.09. The van der Waals surface area contributed by atoms with Crippen molar-refractivity contribution in [3.05, 3.63) is 212 Å². The van der Waals surface area contributed by atoms with Gasteiger partial charge in [0.25, 0.3) is 0 Å². The second-order valence-corrected chi connectivity index (χ2v) is 14.8. The summed E-state index contributed by atoms with van der Waals surface area (Å²) >= 11 is 1.88. The Labute approximate surface area is 319 Å². The zero-order valence-electron chi connectivity index (χ0n) is 29.6. The smallest absolute Gasteiger partial charge is 0.0540 e. The molecule has 0 atom stereocenters. The first-order valence-electron chi connectivity index (χ1n) is 18.4. The largest absolute Gasteiger partial charge is 0.310 e. The highest BCUT2D eigenvalue weighted by Gasteiger charge is 2.19. The quantitative estimate of drug-likeness (QED) is 0.160. The molecule has 0 N–H and O–H groups in total. The highest BCUT2D eigenvalue weighted by Crippen LogP contribution is 2.45. The minimum absolute atomic E-state index is 1.10. The van der Waals surface area contributed by atoms with E-state index in [1.165, 1.54) is 75.5 Å². The lowest BCUT2D eigenvalue weighted by Crippen LogP contribution is -2.11. The van der Waals surface area contributed by atoms with Crippen LogP contribution in [0.15, 0.2) is 212 Å². The van der Waals surface area contributed by atoms with Crippen LogP contribution in [0.5, 0.6) is 0 Å². The fraction of sp³-hybridized carbons (Fsp3) is 0. The summed E-state index contributed by atoms with van der Waals surface area (Å²) < 4.78 is 2.66. The van der Waals surface area contributed by atoms with E-state index in [-0.39, 0.29) is 0 Å². The SMILES string of the molecule is c1ccc(-c2ccc(N(c3cccc(-c4cccc(-c5cccc6c5sc5ccccc56)c4)c3)c3ccccc3-c3cccc4ccccc34)cc2)cc1. The summed E-state index contributed by atoms with van der Waals surface area (Å²) in [5, 5.41) is 5.12. The Morgan fingerprint density at radius 1 is 0.315 bits per heavy atom. The van der Waals surface area contributed by atoms with Gasteiger partial charge < -0.3 is 4.90 Å². The van der Waals surface area contributed by atoms with Crippen molar-refractivity contribution in [3.8, 4) is 44.5 Å². The normalized spacial score (nSPS) is 11.3. The molecule has 0 fully saturated rings. The molecule has 0 saturated heterocycles. The zero-order valence-corrected chi connectivity index (χ0v) is 30.4. The molecule has 0 amide bonds. The molecule has 2 heteroatoms. The number of nitrogens with zero attached hydrogens (tertiary/aromatic N) is 1. The summed E-state index contributed by atoms with van der Waals surface area (Å²) in [6, 6.07) is 77.1. The van der Waals surface area contributed by atoms with E-state index in [9.17, 15) is 0 Å². The second kappa shape index (κ2) is 13.7. The summed E-state index contributed by atoms with van der Waals surface area (Å²) in [5.41, 5.74) is 13.0. The molecule has 1 nitrogen and oxygen atoms in total. The number of hydrogen-bond acceptors (Lipinski definition) is 2. The van der Waals surface area contributed by atoms with E-state index in [2.05, 4.69) is 217 Å². The third-order valence-electron chi connectivity index (χ3n) is 10.5. The summed E-state index contributed by atoms with van der Waals surface area (Å²) in [7, 11) is 0. The summed E-state index contributed by atoms with van der Waals surface area (Å²) in [6.45, 7) is 0. The van der Waals surface area contributed by atoms with Crippen LogP contribution in [0.3, 0.4) is 0 Å². The topological polar surface area (TPSA) is 3.24 Å². The second-order valence-electron chi connectivity index (χ2n) is 13.7. The fourth-order valence-electron chi connectivity index (χ4n) is 7.88. The number of anilines is 3. The van der Waals surface area contributed by atoms with Crippen molar-refractivity contribution in [3.63, 3.8) is 0 Å². The van der Waals surface area contributed by atoms with Crippen LogP contribution >= 0.6 is 11.3 Å². The third-order valence-corrected chi connectivity index (χ3v) is 11.7. The molecule has 0 bridgehead atoms. The van der Waals surface area contributed by atoms with Crippen LogP contribution in [0.2, 0.25) is 0 Å². The molecular formula is C52H35NS. The van der Waals surface area contributed by atoms with E-state index in [1.54, 1.807) is 0 Å². The Morgan fingerprint density at radius 3 is 1.78 bits per heavy atom. The van der Waals surface area contributed by atoms with E-state index in [4.69, 9.17) is 0 Å². The van der Waals surface area contributed by atoms with Crippen molar-refractivity contribution >= 4 is 59.3 Å². The molecule has 1 aromatic heterocycles. The molecule has 0 radical (unpaired) electrons. The van der Waals surface area contributed by atoms with Crippen LogP contribution < -0.4 is 4.90 Å². The van der Waals surface area contributed by atoms with E-state index >= 15 is 0 Å². The van der Waals surface area contributed by atoms with Crippen LogP contribution in [0.4, 0.5) is 17.1 Å². The number of hydrogen-bond donors (Lipinski definition) is 0. The predicted molar refractivity (Wildman–Crippen MR) is 233 cm³/mol. The van der Waals surface area contributed by atoms with Gasteiger partial charge in [-0.2, -0.15) is 0 Å². The van der Waals surface area contributed by atoms with E-state index in [0.717, 1.165) is 17.1 Å². The van der Waals surface area contributed by atoms with Crippen LogP contribution in [0.1, 0.15) is 0 Å². The average molecular weight is 706 g/mol. The minimum Gasteiger partial charge on any atom is -0.310 e. The number of fused-ring (bicyclic) bond motifs is 4. The lowest BCUT2D eigenvalue weighted by molar-refractivity contribution is 1.28. The fourth-order valence-corrected chi connectivity index (χ4v) is 9.12. The van der Waals surface area contributed by atoms with E-state index < -0.39 is 0 Å². The van der Waals surface area contributed by atoms with Gasteiger partial charge in [0.15, 0.2) is 0 Å². The van der Waals surface area contributed by atoms with Gasteiger partial charge in [-0.25, -0.2) is 0 Å². The van der Waals surface area contributed by atoms with Crippen molar-refractivity contribution in [1.29, 1.82) is 0 Å². The van der Waals surface area contributed by atoms with Crippen molar-refractivity contribution < 1.29 is 0 Å². The van der Waals surface area contributed by atoms with Gasteiger partial charge in [0.2, 0.25) is 0 Å². The average Bonchev–Trinajstić information content (AvgIpc) is 3.64. The third kappa shape index (κ3) is 5.74. The van der Waals surface area contributed by atoms with E-state index in [0.29, 0.717) is 0 Å². The standard InChI is InChI=1S/C52H35NS/c1-2-14-36(15-3-1)37-30-32-42(33-31-37)53(50-28-8-6-23-47(50)46-26-12-17-38-16-4-5-22-44(38)46)43-21-11-19-40(35-43)39-18-10-20-41(34-39)45-25-13-27-49-48-24-7-9-29-51(48)54-52(45)49/h1-35H. The molecule has 54 heavy (non-hydrogen) atoms. The lowest BCUT2D eigenvalue weighted by atomic mass is 9.95. The lowest BCUT2D eigenvalue weighted by Gasteiger charge is -2.29. The maximum Gasteiger partial charge on any atom is 0.0540 e. The van der Waals surface area contributed by atoms with Crippen molar-refractivity contribution in [2.75, 3.05) is 4.90 Å². The molecule has 0 spiro atoms. The van der Waals surface area contributed by atoms with Crippen LogP contribution in [-0.2, 0) is 0 Å². The number of para-hydroxylation sites is 1. The molecule has 0 saturated carbocycles. The zero-order chi connectivity index (χ0) is 35.8. The van der Waals surface area contributed by atoms with Crippen LogP contribution in [0, 0.1) is 0 Å². The molecule has 1 heterocycles. The van der Waals surface area contributed by atoms with Crippen molar-refractivity contribution in [2.24, 2.45) is 0 Å². The van der Waals surface area contributed by atoms with Gasteiger partial charge in [-0.15, -0.1) is 11.3 Å². The van der Waals surface area contributed by atoms with Gasteiger partial charge in [0.1, 0.15) is 0 Å². The Balaban J connectivity index is 1.11. The van der Waals surface area contributed by atoms with Gasteiger partial charge >= 0.3 is 0 Å². The Bertz CT molecular complexity index is 2930. The number of thiophene rings is 1. The molecule has 9 aromatic carbocycles. The molecule has 254 valence electrons. The highest BCUT2D eigenvalue weighted by atomic mass is 32.1. The first kappa shape index (κ1) is 32.0. The molecule has 0 aliphatic heterocycles. The Morgan fingerprint density at radius 2 is 0.889 bits per heavy atom. The summed E-state index contributed by atoms with van der Waals surface area (Å²) in [6.07, 6.45) is 0. The molecular weight excluding hydrogens is 671 g/mol. The predicted octanol–water partition coefficient (Wildman–Crippen LogP) is 15.3. The van der Waals surface area contributed by atoms with Gasteiger partial charge in [-0.1, -0.05) is 170 Å². The first-order valence-corrected chi connectivity index (χ1v) is 19.2. The van der Waals surface area contributed by atoms with Gasteiger partial charge in [-0.3, -0.25) is 0 Å². The summed E-state index contributed by atoms with van der Waals surface area (Å²) in [4.78, 5) is 2.41. The van der Waals surface area contributed by atoms with Gasteiger partial charge in [-0.05, 0) is 92.2 Å².